The minimum absolute atomic E-state index is 0.0406. The zero-order valence-corrected chi connectivity index (χ0v) is 16.5. The lowest BCUT2D eigenvalue weighted by molar-refractivity contribution is -0.116. The zero-order valence-electron chi connectivity index (χ0n) is 15.7. The van der Waals surface area contributed by atoms with Gasteiger partial charge < -0.3 is 5.32 Å². The zero-order chi connectivity index (χ0) is 20.3. The number of aryl methyl sites for hydroxylation is 1. The first-order chi connectivity index (χ1) is 13.3. The molecule has 3 rings (SSSR count). The van der Waals surface area contributed by atoms with Gasteiger partial charge in [-0.3, -0.25) is 4.79 Å². The fraction of sp³-hybridized carbons (Fsp3) is 0.200. The highest BCUT2D eigenvalue weighted by Gasteiger charge is 2.15. The molecule has 0 bridgehead atoms. The second kappa shape index (κ2) is 7.95. The Labute approximate surface area is 164 Å². The maximum Gasteiger partial charge on any atom is 0.238 e. The first-order valence-corrected chi connectivity index (χ1v) is 10.3. The van der Waals surface area contributed by atoms with Gasteiger partial charge in [-0.2, -0.15) is 5.10 Å². The van der Waals surface area contributed by atoms with Crippen molar-refractivity contribution in [2.45, 2.75) is 31.6 Å². The van der Waals surface area contributed by atoms with Crippen molar-refractivity contribution in [3.05, 3.63) is 71.5 Å². The summed E-state index contributed by atoms with van der Waals surface area (Å²) in [4.78, 5) is 12.3. The monoisotopic (exact) mass is 398 g/mol. The molecule has 3 N–H and O–H groups in total. The second-order valence-corrected chi connectivity index (χ2v) is 8.08. The number of carbonyl (C=O) groups is 1. The number of nitrogens with one attached hydrogen (secondary N) is 1. The molecule has 0 fully saturated rings. The number of sulfonamides is 1. The van der Waals surface area contributed by atoms with Crippen LogP contribution in [0.1, 0.15) is 23.4 Å². The maximum absolute atomic E-state index is 12.3. The van der Waals surface area contributed by atoms with Gasteiger partial charge in [0.2, 0.25) is 15.9 Å². The molecule has 2 aromatic carbocycles. The number of amides is 1. The molecule has 0 aliphatic carbocycles. The molecule has 0 aliphatic heterocycles. The third-order valence-corrected chi connectivity index (χ3v) is 5.40. The van der Waals surface area contributed by atoms with E-state index in [0.29, 0.717) is 12.1 Å². The minimum atomic E-state index is -3.81. The molecule has 0 unspecified atom stereocenters. The van der Waals surface area contributed by atoms with Gasteiger partial charge in [-0.1, -0.05) is 24.3 Å². The number of nitrogens with zero attached hydrogens (tertiary/aromatic N) is 2. The maximum atomic E-state index is 12.3. The van der Waals surface area contributed by atoms with Gasteiger partial charge in [0.1, 0.15) is 0 Å². The highest BCUT2D eigenvalue weighted by molar-refractivity contribution is 7.89. The van der Waals surface area contributed by atoms with Gasteiger partial charge in [-0.15, -0.1) is 0 Å². The molecule has 1 aromatic heterocycles. The number of rotatable bonds is 6. The summed E-state index contributed by atoms with van der Waals surface area (Å²) in [5.41, 5.74) is 4.26. The molecule has 0 aliphatic rings. The number of carbonyl (C=O) groups excluding carboxylic acids is 1. The van der Waals surface area contributed by atoms with Crippen molar-refractivity contribution in [1.29, 1.82) is 0 Å². The lowest BCUT2D eigenvalue weighted by Gasteiger charge is -2.08. The van der Waals surface area contributed by atoms with Crippen LogP contribution in [0, 0.1) is 13.8 Å². The molecule has 0 saturated carbocycles. The standard InChI is InChI=1S/C20H22N4O3S/c1-14-19(15(2)24(23-14)17-8-4-3-5-9-17)11-12-20(25)22-16-7-6-10-18(13-16)28(21,26)27/h3-10,13H,11-12H2,1-2H3,(H,22,25)(H2,21,26,27). The summed E-state index contributed by atoms with van der Waals surface area (Å²) in [6.07, 6.45) is 0.785. The molecule has 0 spiro atoms. The molecule has 3 aromatic rings. The van der Waals surface area contributed by atoms with Crippen LogP contribution >= 0.6 is 0 Å². The number of anilines is 1. The van der Waals surface area contributed by atoms with Crippen molar-refractivity contribution in [3.63, 3.8) is 0 Å². The Balaban J connectivity index is 1.70. The summed E-state index contributed by atoms with van der Waals surface area (Å²) in [5, 5.41) is 12.4. The van der Waals surface area contributed by atoms with Crippen LogP contribution in [0.2, 0.25) is 0 Å². The lowest BCUT2D eigenvalue weighted by atomic mass is 10.1. The molecule has 0 atom stereocenters. The summed E-state index contributed by atoms with van der Waals surface area (Å²) in [7, 11) is -3.81. The molecule has 146 valence electrons. The number of aromatic nitrogens is 2. The largest absolute Gasteiger partial charge is 0.326 e. The Kier molecular flexibility index (Phi) is 5.62. The van der Waals surface area contributed by atoms with E-state index in [4.69, 9.17) is 5.14 Å². The fourth-order valence-corrected chi connectivity index (χ4v) is 3.63. The molecular weight excluding hydrogens is 376 g/mol. The number of hydrogen-bond acceptors (Lipinski definition) is 4. The molecule has 0 radical (unpaired) electrons. The van der Waals surface area contributed by atoms with Gasteiger partial charge in [0.25, 0.3) is 0 Å². The number of primary sulfonamides is 1. The van der Waals surface area contributed by atoms with Gasteiger partial charge in [0.05, 0.1) is 16.3 Å². The van der Waals surface area contributed by atoms with Crippen LogP contribution in [-0.4, -0.2) is 24.1 Å². The van der Waals surface area contributed by atoms with Crippen LogP contribution in [0.15, 0.2) is 59.5 Å². The lowest BCUT2D eigenvalue weighted by Crippen LogP contribution is -2.15. The first-order valence-electron chi connectivity index (χ1n) is 8.79. The van der Waals surface area contributed by atoms with Gasteiger partial charge in [0, 0.05) is 17.8 Å². The summed E-state index contributed by atoms with van der Waals surface area (Å²) < 4.78 is 24.7. The average Bonchev–Trinajstić information content (AvgIpc) is 2.94. The van der Waals surface area contributed by atoms with Crippen LogP contribution in [-0.2, 0) is 21.2 Å². The van der Waals surface area contributed by atoms with Crippen molar-refractivity contribution in [3.8, 4) is 5.69 Å². The third kappa shape index (κ3) is 4.47. The summed E-state index contributed by atoms with van der Waals surface area (Å²) in [6.45, 7) is 3.91. The third-order valence-electron chi connectivity index (χ3n) is 4.49. The van der Waals surface area contributed by atoms with Crippen LogP contribution in [0.25, 0.3) is 5.69 Å². The van der Waals surface area contributed by atoms with E-state index in [0.717, 1.165) is 22.6 Å². The highest BCUT2D eigenvalue weighted by atomic mass is 32.2. The number of nitrogens with two attached hydrogens (primary N) is 1. The Morgan fingerprint density at radius 3 is 2.50 bits per heavy atom. The van der Waals surface area contributed by atoms with Crippen molar-refractivity contribution < 1.29 is 13.2 Å². The summed E-state index contributed by atoms with van der Waals surface area (Å²) in [6, 6.07) is 15.7. The molecule has 7 nitrogen and oxygen atoms in total. The molecule has 1 amide bonds. The van der Waals surface area contributed by atoms with Crippen LogP contribution in [0.4, 0.5) is 5.69 Å². The first kappa shape index (κ1) is 19.8. The summed E-state index contributed by atoms with van der Waals surface area (Å²) >= 11 is 0. The van der Waals surface area contributed by atoms with E-state index in [-0.39, 0.29) is 17.2 Å². The van der Waals surface area contributed by atoms with E-state index >= 15 is 0 Å². The number of benzene rings is 2. The van der Waals surface area contributed by atoms with E-state index in [1.165, 1.54) is 18.2 Å². The van der Waals surface area contributed by atoms with Crippen LogP contribution < -0.4 is 10.5 Å². The molecule has 28 heavy (non-hydrogen) atoms. The van der Waals surface area contributed by atoms with Crippen molar-refractivity contribution in [1.82, 2.24) is 9.78 Å². The SMILES string of the molecule is Cc1nn(-c2ccccc2)c(C)c1CCC(=O)Nc1cccc(S(N)(=O)=O)c1. The van der Waals surface area contributed by atoms with Crippen molar-refractivity contribution >= 4 is 21.6 Å². The van der Waals surface area contributed by atoms with Gasteiger partial charge in [-0.05, 0) is 56.2 Å². The second-order valence-electron chi connectivity index (χ2n) is 6.52. The minimum Gasteiger partial charge on any atom is -0.326 e. The summed E-state index contributed by atoms with van der Waals surface area (Å²) in [5.74, 6) is -0.210. The Morgan fingerprint density at radius 1 is 1.11 bits per heavy atom. The number of hydrogen-bond donors (Lipinski definition) is 2. The van der Waals surface area contributed by atoms with E-state index in [1.807, 2.05) is 48.9 Å². The predicted molar refractivity (Wildman–Crippen MR) is 108 cm³/mol. The molecule has 1 heterocycles. The molecule has 0 saturated heterocycles. The van der Waals surface area contributed by atoms with E-state index in [9.17, 15) is 13.2 Å². The Bertz CT molecular complexity index is 1110. The number of para-hydroxylation sites is 1. The van der Waals surface area contributed by atoms with Gasteiger partial charge in [-0.25, -0.2) is 18.2 Å². The van der Waals surface area contributed by atoms with E-state index < -0.39 is 10.0 Å². The fourth-order valence-electron chi connectivity index (χ4n) is 3.07. The van der Waals surface area contributed by atoms with Crippen LogP contribution in [0.3, 0.4) is 0 Å². The smallest absolute Gasteiger partial charge is 0.238 e. The van der Waals surface area contributed by atoms with Crippen molar-refractivity contribution in [2.75, 3.05) is 5.32 Å². The topological polar surface area (TPSA) is 107 Å². The quantitative estimate of drug-likeness (QED) is 0.666. The van der Waals surface area contributed by atoms with E-state index in [1.54, 1.807) is 6.07 Å². The Hall–Kier alpha value is -2.97. The molecule has 8 heteroatoms. The van der Waals surface area contributed by atoms with Gasteiger partial charge >= 0.3 is 0 Å². The Morgan fingerprint density at radius 2 is 1.82 bits per heavy atom. The van der Waals surface area contributed by atoms with Crippen molar-refractivity contribution in [2.24, 2.45) is 5.14 Å². The average molecular weight is 398 g/mol. The van der Waals surface area contributed by atoms with Crippen LogP contribution in [0.5, 0.6) is 0 Å². The van der Waals surface area contributed by atoms with E-state index in [2.05, 4.69) is 10.4 Å². The highest BCUT2D eigenvalue weighted by Crippen LogP contribution is 2.20. The predicted octanol–water partition coefficient (Wildman–Crippen LogP) is 2.71. The molecular formula is C20H22N4O3S. The van der Waals surface area contributed by atoms with Gasteiger partial charge in [0.15, 0.2) is 0 Å². The normalized spacial score (nSPS) is 11.4.